The number of aliphatic hydroxyl groups is 1. The minimum absolute atomic E-state index is 0.0465. The molecule has 1 aliphatic rings. The van der Waals surface area contributed by atoms with Crippen LogP contribution < -0.4 is 0 Å². The first kappa shape index (κ1) is 11.8. The van der Waals surface area contributed by atoms with Crippen LogP contribution in [0.15, 0.2) is 0 Å². The van der Waals surface area contributed by atoms with Crippen LogP contribution in [-0.2, 0) is 6.61 Å². The monoisotopic (exact) mass is 264 g/mol. The zero-order valence-corrected chi connectivity index (χ0v) is 11.4. The smallest absolute Gasteiger partial charge is 0.212 e. The minimum atomic E-state index is -0.0465. The lowest BCUT2D eigenvalue weighted by Gasteiger charge is -2.25. The van der Waals surface area contributed by atoms with E-state index in [0.717, 1.165) is 29.4 Å². The Morgan fingerprint density at radius 1 is 1.39 bits per heavy atom. The molecule has 1 saturated carbocycles. The van der Waals surface area contributed by atoms with Crippen molar-refractivity contribution in [3.05, 3.63) is 22.0 Å². The van der Waals surface area contributed by atoms with Crippen molar-refractivity contribution in [2.24, 2.45) is 0 Å². The van der Waals surface area contributed by atoms with E-state index in [1.165, 1.54) is 11.3 Å². The van der Waals surface area contributed by atoms with E-state index in [0.29, 0.717) is 11.6 Å². The Hall–Kier alpha value is -1.27. The second-order valence-electron chi connectivity index (χ2n) is 4.76. The standard InChI is InChI=1S/C12H16N4OS/c1-7-8(2)18-12(13-7)16-11(9-4-3-5-9)10(6-17)14-15-16/h9,17H,3-6H2,1-2H3. The maximum atomic E-state index is 9.37. The minimum Gasteiger partial charge on any atom is -0.390 e. The molecule has 0 spiro atoms. The van der Waals surface area contributed by atoms with E-state index in [4.69, 9.17) is 0 Å². The van der Waals surface area contributed by atoms with Crippen molar-refractivity contribution in [2.45, 2.75) is 45.6 Å². The molecular formula is C12H16N4OS. The summed E-state index contributed by atoms with van der Waals surface area (Å²) in [5.74, 6) is 0.478. The van der Waals surface area contributed by atoms with E-state index in [-0.39, 0.29) is 6.61 Å². The Balaban J connectivity index is 2.08. The van der Waals surface area contributed by atoms with Gasteiger partial charge in [-0.1, -0.05) is 23.0 Å². The molecule has 0 amide bonds. The van der Waals surface area contributed by atoms with Gasteiger partial charge < -0.3 is 5.11 Å². The zero-order chi connectivity index (χ0) is 12.7. The van der Waals surface area contributed by atoms with E-state index in [2.05, 4.69) is 22.2 Å². The van der Waals surface area contributed by atoms with Crippen molar-refractivity contribution >= 4 is 11.3 Å². The molecule has 0 unspecified atom stereocenters. The molecule has 0 bridgehead atoms. The molecule has 5 nitrogen and oxygen atoms in total. The first-order chi connectivity index (χ1) is 8.70. The highest BCUT2D eigenvalue weighted by Gasteiger charge is 2.28. The predicted molar refractivity (Wildman–Crippen MR) is 69.0 cm³/mol. The molecule has 2 aromatic heterocycles. The van der Waals surface area contributed by atoms with E-state index in [1.807, 2.05) is 11.6 Å². The van der Waals surface area contributed by atoms with Crippen molar-refractivity contribution in [2.75, 3.05) is 0 Å². The second-order valence-corrected chi connectivity index (χ2v) is 5.94. The Kier molecular flexibility index (Phi) is 2.91. The van der Waals surface area contributed by atoms with Gasteiger partial charge in [-0.05, 0) is 26.7 Å². The molecule has 18 heavy (non-hydrogen) atoms. The van der Waals surface area contributed by atoms with Crippen molar-refractivity contribution in [1.29, 1.82) is 0 Å². The fourth-order valence-corrected chi connectivity index (χ4v) is 3.08. The third-order valence-corrected chi connectivity index (χ3v) is 4.67. The molecule has 2 aromatic rings. The Morgan fingerprint density at radius 3 is 2.67 bits per heavy atom. The summed E-state index contributed by atoms with van der Waals surface area (Å²) in [6.07, 6.45) is 3.56. The fraction of sp³-hybridized carbons (Fsp3) is 0.583. The Bertz CT molecular complexity index is 551. The quantitative estimate of drug-likeness (QED) is 0.922. The van der Waals surface area contributed by atoms with Crippen LogP contribution in [0.5, 0.6) is 0 Å². The van der Waals surface area contributed by atoms with Crippen molar-refractivity contribution < 1.29 is 5.11 Å². The number of hydrogen-bond donors (Lipinski definition) is 1. The number of aliphatic hydroxyl groups excluding tert-OH is 1. The lowest BCUT2D eigenvalue weighted by molar-refractivity contribution is 0.272. The van der Waals surface area contributed by atoms with E-state index >= 15 is 0 Å². The van der Waals surface area contributed by atoms with Gasteiger partial charge in [0.05, 0.1) is 18.0 Å². The van der Waals surface area contributed by atoms with Crippen LogP contribution >= 0.6 is 11.3 Å². The number of aryl methyl sites for hydroxylation is 2. The molecule has 1 N–H and O–H groups in total. The Labute approximate surface area is 109 Å². The highest BCUT2D eigenvalue weighted by Crippen LogP contribution is 2.38. The molecule has 0 atom stereocenters. The Morgan fingerprint density at radius 2 is 2.17 bits per heavy atom. The van der Waals surface area contributed by atoms with Crippen molar-refractivity contribution in [1.82, 2.24) is 20.0 Å². The number of hydrogen-bond acceptors (Lipinski definition) is 5. The van der Waals surface area contributed by atoms with Gasteiger partial charge >= 0.3 is 0 Å². The highest BCUT2D eigenvalue weighted by atomic mass is 32.1. The van der Waals surface area contributed by atoms with Gasteiger partial charge in [-0.15, -0.1) is 5.10 Å². The van der Waals surface area contributed by atoms with Gasteiger partial charge in [-0.3, -0.25) is 0 Å². The van der Waals surface area contributed by atoms with Crippen molar-refractivity contribution in [3.8, 4) is 5.13 Å². The molecule has 96 valence electrons. The molecule has 0 radical (unpaired) electrons. The number of aromatic nitrogens is 4. The lowest BCUT2D eigenvalue weighted by atomic mass is 9.82. The van der Waals surface area contributed by atoms with Gasteiger partial charge in [0, 0.05) is 10.8 Å². The van der Waals surface area contributed by atoms with Crippen LogP contribution in [-0.4, -0.2) is 25.1 Å². The second kappa shape index (κ2) is 4.44. The van der Waals surface area contributed by atoms with Gasteiger partial charge in [0.15, 0.2) is 0 Å². The highest BCUT2D eigenvalue weighted by molar-refractivity contribution is 7.14. The number of thiazole rings is 1. The number of nitrogens with zero attached hydrogens (tertiary/aromatic N) is 4. The van der Waals surface area contributed by atoms with Gasteiger partial charge in [-0.2, -0.15) is 4.68 Å². The average molecular weight is 264 g/mol. The van der Waals surface area contributed by atoms with Crippen LogP contribution in [0.25, 0.3) is 5.13 Å². The van der Waals surface area contributed by atoms with Crippen LogP contribution in [0.2, 0.25) is 0 Å². The molecule has 1 fully saturated rings. The summed E-state index contributed by atoms with van der Waals surface area (Å²) in [5.41, 5.74) is 2.79. The van der Waals surface area contributed by atoms with E-state index in [9.17, 15) is 5.11 Å². The van der Waals surface area contributed by atoms with Gasteiger partial charge in [0.25, 0.3) is 0 Å². The normalized spacial score (nSPS) is 15.9. The predicted octanol–water partition coefficient (Wildman–Crippen LogP) is 2.10. The van der Waals surface area contributed by atoms with Gasteiger partial charge in [-0.25, -0.2) is 4.98 Å². The summed E-state index contributed by atoms with van der Waals surface area (Å²) in [6, 6.07) is 0. The van der Waals surface area contributed by atoms with Gasteiger partial charge in [0.1, 0.15) is 5.69 Å². The topological polar surface area (TPSA) is 63.8 Å². The maximum Gasteiger partial charge on any atom is 0.212 e. The lowest BCUT2D eigenvalue weighted by Crippen LogP contribution is -2.16. The number of rotatable bonds is 3. The first-order valence-electron chi connectivity index (χ1n) is 6.20. The molecular weight excluding hydrogens is 248 g/mol. The summed E-state index contributed by atoms with van der Waals surface area (Å²) < 4.78 is 1.82. The van der Waals surface area contributed by atoms with Crippen molar-refractivity contribution in [3.63, 3.8) is 0 Å². The summed E-state index contributed by atoms with van der Waals surface area (Å²) in [6.45, 7) is 4.01. The van der Waals surface area contributed by atoms with Crippen LogP contribution in [0.4, 0.5) is 0 Å². The summed E-state index contributed by atoms with van der Waals surface area (Å²) in [7, 11) is 0. The molecule has 6 heteroatoms. The van der Waals surface area contributed by atoms with Crippen LogP contribution in [0, 0.1) is 13.8 Å². The average Bonchev–Trinajstić information content (AvgIpc) is 2.82. The first-order valence-corrected chi connectivity index (χ1v) is 7.02. The zero-order valence-electron chi connectivity index (χ0n) is 10.6. The molecule has 0 saturated heterocycles. The molecule has 1 aliphatic carbocycles. The third-order valence-electron chi connectivity index (χ3n) is 3.62. The summed E-state index contributed by atoms with van der Waals surface area (Å²) in [4.78, 5) is 5.73. The SMILES string of the molecule is Cc1nc(-n2nnc(CO)c2C2CCC2)sc1C. The fourth-order valence-electron chi connectivity index (χ4n) is 2.21. The van der Waals surface area contributed by atoms with E-state index in [1.54, 1.807) is 11.3 Å². The molecule has 3 rings (SSSR count). The largest absolute Gasteiger partial charge is 0.390 e. The van der Waals surface area contributed by atoms with Gasteiger partial charge in [0.2, 0.25) is 5.13 Å². The maximum absolute atomic E-state index is 9.37. The third kappa shape index (κ3) is 1.76. The molecule has 0 aromatic carbocycles. The summed E-state index contributed by atoms with van der Waals surface area (Å²) >= 11 is 1.63. The molecule has 2 heterocycles. The molecule has 0 aliphatic heterocycles. The van der Waals surface area contributed by atoms with Crippen LogP contribution in [0.1, 0.15) is 47.1 Å². The van der Waals surface area contributed by atoms with Crippen LogP contribution in [0.3, 0.4) is 0 Å². The van der Waals surface area contributed by atoms with E-state index < -0.39 is 0 Å². The summed E-state index contributed by atoms with van der Waals surface area (Å²) in [5, 5.41) is 18.5.